The van der Waals surface area contributed by atoms with Crippen molar-refractivity contribution in [2.45, 2.75) is 24.0 Å². The van der Waals surface area contributed by atoms with Crippen LogP contribution in [0.4, 0.5) is 0 Å². The number of thiophene rings is 1. The van der Waals surface area contributed by atoms with Gasteiger partial charge in [-0.05, 0) is 59.2 Å². The molecule has 1 aromatic heterocycles. The Morgan fingerprint density at radius 1 is 1.58 bits per heavy atom. The van der Waals surface area contributed by atoms with Crippen molar-refractivity contribution in [2.75, 3.05) is 26.2 Å². The highest BCUT2D eigenvalue weighted by molar-refractivity contribution is 9.10. The highest BCUT2D eigenvalue weighted by Gasteiger charge is 2.29. The third-order valence-electron chi connectivity index (χ3n) is 3.37. The van der Waals surface area contributed by atoms with Crippen LogP contribution in [0.15, 0.2) is 20.1 Å². The maximum absolute atomic E-state index is 12.6. The predicted molar refractivity (Wildman–Crippen MR) is 82.0 cm³/mol. The average Bonchev–Trinajstić information content (AvgIpc) is 2.84. The largest absolute Gasteiger partial charge is 0.316 e. The summed E-state index contributed by atoms with van der Waals surface area (Å²) in [6.45, 7) is 4.98. The van der Waals surface area contributed by atoms with Crippen molar-refractivity contribution < 1.29 is 8.42 Å². The molecule has 0 aromatic carbocycles. The van der Waals surface area contributed by atoms with E-state index in [1.54, 1.807) is 15.8 Å². The third kappa shape index (κ3) is 3.58. The van der Waals surface area contributed by atoms with Crippen molar-refractivity contribution in [1.82, 2.24) is 9.62 Å². The van der Waals surface area contributed by atoms with Gasteiger partial charge in [0.1, 0.15) is 4.21 Å². The molecule has 1 aromatic rings. The molecule has 0 amide bonds. The van der Waals surface area contributed by atoms with Crippen LogP contribution in [0, 0.1) is 5.92 Å². The molecule has 0 spiro atoms. The Morgan fingerprint density at radius 3 is 2.89 bits per heavy atom. The summed E-state index contributed by atoms with van der Waals surface area (Å²) in [5.41, 5.74) is 0. The van der Waals surface area contributed by atoms with Crippen LogP contribution in [-0.2, 0) is 10.0 Å². The van der Waals surface area contributed by atoms with Gasteiger partial charge in [0.2, 0.25) is 0 Å². The highest BCUT2D eigenvalue weighted by atomic mass is 79.9. The van der Waals surface area contributed by atoms with Gasteiger partial charge in [-0.15, -0.1) is 11.3 Å². The van der Waals surface area contributed by atoms with Gasteiger partial charge in [-0.25, -0.2) is 8.42 Å². The van der Waals surface area contributed by atoms with E-state index in [0.29, 0.717) is 27.7 Å². The number of sulfonamides is 1. The van der Waals surface area contributed by atoms with E-state index in [-0.39, 0.29) is 0 Å². The SMILES string of the molecule is CCN(CC1CCCNC1)S(=O)(=O)c1sccc1Br. The molecule has 0 bridgehead atoms. The van der Waals surface area contributed by atoms with Gasteiger partial charge in [-0.3, -0.25) is 0 Å². The monoisotopic (exact) mass is 366 g/mol. The summed E-state index contributed by atoms with van der Waals surface area (Å²) < 4.78 is 27.9. The topological polar surface area (TPSA) is 49.4 Å². The Labute approximate surface area is 127 Å². The summed E-state index contributed by atoms with van der Waals surface area (Å²) in [5, 5.41) is 5.13. The molecule has 1 saturated heterocycles. The fourth-order valence-corrected chi connectivity index (χ4v) is 6.32. The molecule has 1 unspecified atom stereocenters. The van der Waals surface area contributed by atoms with E-state index in [1.165, 1.54) is 11.3 Å². The summed E-state index contributed by atoms with van der Waals surface area (Å²) in [4.78, 5) is 0. The second kappa shape index (κ2) is 6.67. The molecule has 1 atom stereocenters. The first-order valence-electron chi connectivity index (χ1n) is 6.49. The number of hydrogen-bond donors (Lipinski definition) is 1. The fraction of sp³-hybridized carbons (Fsp3) is 0.667. The van der Waals surface area contributed by atoms with Crippen LogP contribution >= 0.6 is 27.3 Å². The average molecular weight is 367 g/mol. The predicted octanol–water partition coefficient (Wildman–Crippen LogP) is 2.52. The number of halogens is 1. The lowest BCUT2D eigenvalue weighted by Crippen LogP contribution is -2.40. The van der Waals surface area contributed by atoms with Gasteiger partial charge >= 0.3 is 0 Å². The zero-order chi connectivity index (χ0) is 13.9. The Morgan fingerprint density at radius 2 is 2.37 bits per heavy atom. The quantitative estimate of drug-likeness (QED) is 0.870. The van der Waals surface area contributed by atoms with Crippen molar-refractivity contribution in [2.24, 2.45) is 5.92 Å². The van der Waals surface area contributed by atoms with Gasteiger partial charge < -0.3 is 5.32 Å². The van der Waals surface area contributed by atoms with Gasteiger partial charge in [-0.1, -0.05) is 6.92 Å². The normalized spacial score (nSPS) is 20.9. The lowest BCUT2D eigenvalue weighted by Gasteiger charge is -2.28. The first-order chi connectivity index (χ1) is 9.05. The highest BCUT2D eigenvalue weighted by Crippen LogP contribution is 2.30. The van der Waals surface area contributed by atoms with Crippen molar-refractivity contribution in [3.8, 4) is 0 Å². The van der Waals surface area contributed by atoms with Crippen LogP contribution in [0.25, 0.3) is 0 Å². The molecule has 1 aliphatic heterocycles. The van der Waals surface area contributed by atoms with Crippen molar-refractivity contribution >= 4 is 37.3 Å². The molecule has 4 nitrogen and oxygen atoms in total. The van der Waals surface area contributed by atoms with Gasteiger partial charge in [-0.2, -0.15) is 4.31 Å². The van der Waals surface area contributed by atoms with E-state index in [2.05, 4.69) is 21.2 Å². The minimum absolute atomic E-state index is 0.415. The number of piperidine rings is 1. The molecule has 1 N–H and O–H groups in total. The molecule has 19 heavy (non-hydrogen) atoms. The molecular weight excluding hydrogens is 348 g/mol. The van der Waals surface area contributed by atoms with E-state index < -0.39 is 10.0 Å². The minimum atomic E-state index is -3.36. The van der Waals surface area contributed by atoms with Crippen LogP contribution in [0.1, 0.15) is 19.8 Å². The molecule has 2 heterocycles. The molecule has 7 heteroatoms. The number of hydrogen-bond acceptors (Lipinski definition) is 4. The van der Waals surface area contributed by atoms with Crippen molar-refractivity contribution in [3.63, 3.8) is 0 Å². The van der Waals surface area contributed by atoms with E-state index >= 15 is 0 Å². The van der Waals surface area contributed by atoms with Crippen molar-refractivity contribution in [3.05, 3.63) is 15.9 Å². The van der Waals surface area contributed by atoms with Gasteiger partial charge in [0.05, 0.1) is 0 Å². The first-order valence-corrected chi connectivity index (χ1v) is 9.60. The Bertz CT molecular complexity index is 510. The van der Waals surface area contributed by atoms with Gasteiger partial charge in [0, 0.05) is 17.6 Å². The van der Waals surface area contributed by atoms with E-state index in [0.717, 1.165) is 25.9 Å². The number of rotatable bonds is 5. The number of nitrogens with one attached hydrogen (secondary N) is 1. The van der Waals surface area contributed by atoms with E-state index in [9.17, 15) is 8.42 Å². The zero-order valence-corrected chi connectivity index (χ0v) is 14.2. The molecule has 0 aliphatic carbocycles. The number of nitrogens with zero attached hydrogens (tertiary/aromatic N) is 1. The maximum Gasteiger partial charge on any atom is 0.253 e. The lowest BCUT2D eigenvalue weighted by atomic mass is 10.00. The molecule has 0 radical (unpaired) electrons. The molecule has 0 saturated carbocycles. The third-order valence-corrected chi connectivity index (χ3v) is 7.96. The van der Waals surface area contributed by atoms with Crippen molar-refractivity contribution in [1.29, 1.82) is 0 Å². The standard InChI is InChI=1S/C12H19BrN2O2S2/c1-2-15(9-10-4-3-6-14-8-10)19(16,17)12-11(13)5-7-18-12/h5,7,10,14H,2-4,6,8-9H2,1H3. The van der Waals surface area contributed by atoms with Crippen LogP contribution in [0.2, 0.25) is 0 Å². The smallest absolute Gasteiger partial charge is 0.253 e. The Hall–Kier alpha value is 0.0500. The van der Waals surface area contributed by atoms with E-state index in [1.807, 2.05) is 6.92 Å². The van der Waals surface area contributed by atoms with Crippen LogP contribution in [0.5, 0.6) is 0 Å². The van der Waals surface area contributed by atoms with Gasteiger partial charge in [0.25, 0.3) is 10.0 Å². The Balaban J connectivity index is 2.14. The molecular formula is C12H19BrN2O2S2. The van der Waals surface area contributed by atoms with Gasteiger partial charge in [0.15, 0.2) is 0 Å². The summed E-state index contributed by atoms with van der Waals surface area (Å²) in [5.74, 6) is 0.419. The van der Waals surface area contributed by atoms with E-state index in [4.69, 9.17) is 0 Å². The lowest BCUT2D eigenvalue weighted by molar-refractivity contribution is 0.298. The maximum atomic E-state index is 12.6. The first kappa shape index (κ1) is 15.4. The molecule has 108 valence electrons. The minimum Gasteiger partial charge on any atom is -0.316 e. The summed E-state index contributed by atoms with van der Waals surface area (Å²) in [7, 11) is -3.36. The summed E-state index contributed by atoms with van der Waals surface area (Å²) >= 11 is 4.59. The molecule has 1 aliphatic rings. The molecule has 1 fully saturated rings. The van der Waals surface area contributed by atoms with Crippen LogP contribution in [-0.4, -0.2) is 38.9 Å². The summed E-state index contributed by atoms with van der Waals surface area (Å²) in [6, 6.07) is 1.79. The fourth-order valence-electron chi connectivity index (χ4n) is 2.35. The zero-order valence-electron chi connectivity index (χ0n) is 10.9. The van der Waals surface area contributed by atoms with Crippen LogP contribution in [0.3, 0.4) is 0 Å². The van der Waals surface area contributed by atoms with Crippen LogP contribution < -0.4 is 5.32 Å². The second-order valence-electron chi connectivity index (χ2n) is 4.72. The second-order valence-corrected chi connectivity index (χ2v) is 8.63. The summed E-state index contributed by atoms with van der Waals surface area (Å²) in [6.07, 6.45) is 2.23. The Kier molecular flexibility index (Phi) is 5.42. The molecule has 2 rings (SSSR count).